The van der Waals surface area contributed by atoms with Crippen molar-refractivity contribution in [2.24, 2.45) is 0 Å². The number of amides is 2. The molecule has 7 nitrogen and oxygen atoms in total. The molecule has 0 saturated carbocycles. The summed E-state index contributed by atoms with van der Waals surface area (Å²) in [5, 5.41) is 11.5. The van der Waals surface area contributed by atoms with E-state index >= 15 is 0 Å². The number of fused-ring (bicyclic) bond motifs is 1. The van der Waals surface area contributed by atoms with Gasteiger partial charge in [0.05, 0.1) is 0 Å². The highest BCUT2D eigenvalue weighted by Gasteiger charge is 2.54. The van der Waals surface area contributed by atoms with Crippen molar-refractivity contribution in [2.75, 3.05) is 5.75 Å². The zero-order chi connectivity index (χ0) is 18.7. The number of rotatable bonds is 5. The number of nitrogens with zero attached hydrogens (tertiary/aromatic N) is 1. The van der Waals surface area contributed by atoms with Crippen LogP contribution in [-0.4, -0.2) is 45.1 Å². The quantitative estimate of drug-likeness (QED) is 0.767. The summed E-state index contributed by atoms with van der Waals surface area (Å²) < 4.78 is 5.13. The SMILES string of the molecule is CC=CC1=C(C(=O)O)N2C(=O)C(NC(=O)OCc3ccccc3)[C@@H]2SC1. The largest absolute Gasteiger partial charge is 0.477 e. The summed E-state index contributed by atoms with van der Waals surface area (Å²) in [5.74, 6) is -1.14. The van der Waals surface area contributed by atoms with E-state index < -0.39 is 29.4 Å². The fourth-order valence-electron chi connectivity index (χ4n) is 2.86. The molecule has 2 atom stereocenters. The smallest absolute Gasteiger partial charge is 0.408 e. The Morgan fingerprint density at radius 2 is 2.12 bits per heavy atom. The number of carboxylic acids is 1. The third-order valence-corrected chi connectivity index (χ3v) is 5.36. The maximum atomic E-state index is 12.4. The van der Waals surface area contributed by atoms with E-state index in [-0.39, 0.29) is 12.3 Å². The first kappa shape index (κ1) is 18.1. The highest BCUT2D eigenvalue weighted by molar-refractivity contribution is 8.00. The van der Waals surface area contributed by atoms with E-state index in [1.54, 1.807) is 19.1 Å². The molecule has 1 unspecified atom stereocenters. The van der Waals surface area contributed by atoms with Gasteiger partial charge in [0.2, 0.25) is 0 Å². The van der Waals surface area contributed by atoms with Crippen molar-refractivity contribution in [2.45, 2.75) is 24.9 Å². The Morgan fingerprint density at radius 3 is 2.77 bits per heavy atom. The molecule has 2 aliphatic heterocycles. The number of benzene rings is 1. The van der Waals surface area contributed by atoms with Crippen LogP contribution in [-0.2, 0) is 20.9 Å². The molecule has 2 heterocycles. The number of ether oxygens (including phenoxy) is 1. The van der Waals surface area contributed by atoms with Crippen LogP contribution in [0, 0.1) is 0 Å². The lowest BCUT2D eigenvalue weighted by Crippen LogP contribution is -2.70. The highest BCUT2D eigenvalue weighted by atomic mass is 32.2. The highest BCUT2D eigenvalue weighted by Crippen LogP contribution is 2.40. The number of aliphatic carboxylic acids is 1. The molecule has 1 aromatic carbocycles. The van der Waals surface area contributed by atoms with E-state index in [1.807, 2.05) is 30.3 Å². The van der Waals surface area contributed by atoms with Gasteiger partial charge < -0.3 is 15.2 Å². The topological polar surface area (TPSA) is 95.9 Å². The predicted molar refractivity (Wildman–Crippen MR) is 96.1 cm³/mol. The number of carbonyl (C=O) groups is 3. The standard InChI is InChI=1S/C18H18N2O5S/c1-2-6-12-10-26-16-13(15(21)20(16)14(12)17(22)23)19-18(24)25-9-11-7-4-3-5-8-11/h2-8,13,16H,9-10H2,1H3,(H,19,24)(H,22,23)/t13?,16-/m0/s1. The van der Waals surface area contributed by atoms with Crippen LogP contribution in [0.3, 0.4) is 0 Å². The van der Waals surface area contributed by atoms with Gasteiger partial charge in [-0.15, -0.1) is 11.8 Å². The number of nitrogens with one attached hydrogen (secondary N) is 1. The number of carboxylic acid groups (broad SMARTS) is 1. The fraction of sp³-hybridized carbons (Fsp3) is 0.278. The van der Waals surface area contributed by atoms with Crippen molar-refractivity contribution >= 4 is 29.7 Å². The number of carbonyl (C=O) groups excluding carboxylic acids is 2. The van der Waals surface area contributed by atoms with Crippen LogP contribution in [0.1, 0.15) is 12.5 Å². The van der Waals surface area contributed by atoms with Gasteiger partial charge in [0.25, 0.3) is 5.91 Å². The van der Waals surface area contributed by atoms with Gasteiger partial charge in [-0.3, -0.25) is 9.69 Å². The summed E-state index contributed by atoms with van der Waals surface area (Å²) >= 11 is 1.41. The van der Waals surface area contributed by atoms with Gasteiger partial charge in [0.1, 0.15) is 23.7 Å². The minimum absolute atomic E-state index is 0.0208. The maximum absolute atomic E-state index is 12.4. The summed E-state index contributed by atoms with van der Waals surface area (Å²) in [6.45, 7) is 1.88. The van der Waals surface area contributed by atoms with E-state index in [4.69, 9.17) is 4.74 Å². The van der Waals surface area contributed by atoms with Crippen molar-refractivity contribution in [1.29, 1.82) is 0 Å². The first-order chi connectivity index (χ1) is 12.5. The van der Waals surface area contributed by atoms with E-state index in [2.05, 4.69) is 5.32 Å². The zero-order valence-corrected chi connectivity index (χ0v) is 14.9. The molecule has 0 bridgehead atoms. The van der Waals surface area contributed by atoms with Crippen LogP contribution in [0.15, 0.2) is 53.8 Å². The molecule has 26 heavy (non-hydrogen) atoms. The molecule has 136 valence electrons. The van der Waals surface area contributed by atoms with Crippen molar-refractivity contribution in [1.82, 2.24) is 10.2 Å². The van der Waals surface area contributed by atoms with Crippen LogP contribution >= 0.6 is 11.8 Å². The molecule has 1 saturated heterocycles. The summed E-state index contributed by atoms with van der Waals surface area (Å²) in [6, 6.07) is 8.40. The third-order valence-electron chi connectivity index (χ3n) is 4.05. The lowest BCUT2D eigenvalue weighted by Gasteiger charge is -2.49. The van der Waals surface area contributed by atoms with E-state index in [1.165, 1.54) is 16.7 Å². The van der Waals surface area contributed by atoms with E-state index in [0.717, 1.165) is 5.56 Å². The Balaban J connectivity index is 1.63. The molecule has 0 aliphatic carbocycles. The Labute approximate surface area is 154 Å². The molecule has 2 N–H and O–H groups in total. The van der Waals surface area contributed by atoms with Crippen molar-refractivity contribution in [3.63, 3.8) is 0 Å². The van der Waals surface area contributed by atoms with Crippen molar-refractivity contribution in [3.05, 3.63) is 59.3 Å². The molecule has 0 spiro atoms. The minimum Gasteiger partial charge on any atom is -0.477 e. The van der Waals surface area contributed by atoms with Gasteiger partial charge in [0, 0.05) is 5.75 Å². The Hall–Kier alpha value is -2.74. The van der Waals surface area contributed by atoms with Gasteiger partial charge in [-0.2, -0.15) is 0 Å². The van der Waals surface area contributed by atoms with Gasteiger partial charge in [-0.1, -0.05) is 42.5 Å². The third kappa shape index (κ3) is 3.45. The van der Waals surface area contributed by atoms with Crippen LogP contribution in [0.4, 0.5) is 4.79 Å². The van der Waals surface area contributed by atoms with Crippen molar-refractivity contribution in [3.8, 4) is 0 Å². The molecule has 2 aliphatic rings. The summed E-state index contributed by atoms with van der Waals surface area (Å²) in [6.07, 6.45) is 2.72. The number of thioether (sulfide) groups is 1. The molecule has 8 heteroatoms. The predicted octanol–water partition coefficient (Wildman–Crippen LogP) is 2.11. The Kier molecular flexibility index (Phi) is 5.32. The Morgan fingerprint density at radius 1 is 1.38 bits per heavy atom. The molecule has 3 rings (SSSR count). The molecule has 0 aromatic heterocycles. The first-order valence-electron chi connectivity index (χ1n) is 8.04. The Bertz CT molecular complexity index is 790. The second-order valence-electron chi connectivity index (χ2n) is 5.77. The van der Waals surface area contributed by atoms with Gasteiger partial charge in [-0.05, 0) is 18.1 Å². The minimum atomic E-state index is -1.15. The number of alkyl carbamates (subject to hydrolysis) is 1. The van der Waals surface area contributed by atoms with Gasteiger partial charge in [-0.25, -0.2) is 9.59 Å². The average molecular weight is 374 g/mol. The number of β-lactam (4-membered cyclic amide) rings is 1. The summed E-state index contributed by atoms with van der Waals surface area (Å²) in [5.41, 5.74) is 1.40. The second kappa shape index (κ2) is 7.65. The summed E-state index contributed by atoms with van der Waals surface area (Å²) in [7, 11) is 0. The molecular weight excluding hydrogens is 356 g/mol. The van der Waals surface area contributed by atoms with E-state index in [0.29, 0.717) is 11.3 Å². The van der Waals surface area contributed by atoms with Crippen molar-refractivity contribution < 1.29 is 24.2 Å². The molecular formula is C18H18N2O5S. The maximum Gasteiger partial charge on any atom is 0.408 e. The van der Waals surface area contributed by atoms with Crippen LogP contribution in [0.25, 0.3) is 0 Å². The lowest BCUT2D eigenvalue weighted by molar-refractivity contribution is -0.148. The van der Waals surface area contributed by atoms with Crippen LogP contribution in [0.5, 0.6) is 0 Å². The average Bonchev–Trinajstić information content (AvgIpc) is 2.65. The lowest BCUT2D eigenvalue weighted by atomic mass is 10.0. The molecule has 2 amide bonds. The normalized spacial score (nSPS) is 22.0. The fourth-order valence-corrected chi connectivity index (χ4v) is 4.18. The van der Waals surface area contributed by atoms with Crippen LogP contribution in [0.2, 0.25) is 0 Å². The second-order valence-corrected chi connectivity index (χ2v) is 6.88. The summed E-state index contributed by atoms with van der Waals surface area (Å²) in [4.78, 5) is 37.1. The number of allylic oxidation sites excluding steroid dienone is 2. The number of hydrogen-bond acceptors (Lipinski definition) is 5. The van der Waals surface area contributed by atoms with Gasteiger partial charge >= 0.3 is 12.1 Å². The monoisotopic (exact) mass is 374 g/mol. The number of hydrogen-bond donors (Lipinski definition) is 2. The first-order valence-corrected chi connectivity index (χ1v) is 9.09. The zero-order valence-electron chi connectivity index (χ0n) is 14.0. The molecule has 1 aromatic rings. The molecule has 0 radical (unpaired) electrons. The molecule has 1 fully saturated rings. The van der Waals surface area contributed by atoms with Crippen LogP contribution < -0.4 is 5.32 Å². The van der Waals surface area contributed by atoms with Gasteiger partial charge in [0.15, 0.2) is 0 Å². The van der Waals surface area contributed by atoms with E-state index in [9.17, 15) is 19.5 Å².